The minimum atomic E-state index is -0.175. The van der Waals surface area contributed by atoms with Crippen LogP contribution in [0, 0.1) is 6.92 Å². The molecule has 96 valence electrons. The van der Waals surface area contributed by atoms with Crippen molar-refractivity contribution in [1.82, 2.24) is 19.7 Å². The van der Waals surface area contributed by atoms with Gasteiger partial charge in [0.25, 0.3) is 0 Å². The topological polar surface area (TPSA) is 43.6 Å². The van der Waals surface area contributed by atoms with Crippen LogP contribution < -0.4 is 0 Å². The zero-order valence-electron chi connectivity index (χ0n) is 10.7. The summed E-state index contributed by atoms with van der Waals surface area (Å²) in [7, 11) is 0. The highest BCUT2D eigenvalue weighted by atomic mass is 35.5. The van der Waals surface area contributed by atoms with Gasteiger partial charge in [0, 0.05) is 11.5 Å². The summed E-state index contributed by atoms with van der Waals surface area (Å²) in [6, 6.07) is 1.67. The molecule has 0 N–H and O–H groups in total. The van der Waals surface area contributed by atoms with E-state index in [4.69, 9.17) is 23.2 Å². The fourth-order valence-corrected chi connectivity index (χ4v) is 1.72. The number of hydrogen-bond donors (Lipinski definition) is 0. The van der Waals surface area contributed by atoms with Crippen molar-refractivity contribution in [2.24, 2.45) is 0 Å². The Bertz CT molecular complexity index is 565. The van der Waals surface area contributed by atoms with Gasteiger partial charge in [-0.05, 0) is 6.92 Å². The Kier molecular flexibility index (Phi) is 3.34. The highest BCUT2D eigenvalue weighted by Crippen LogP contribution is 2.22. The number of hydrogen-bond acceptors (Lipinski definition) is 3. The van der Waals surface area contributed by atoms with Crippen LogP contribution in [0.15, 0.2) is 12.3 Å². The highest BCUT2D eigenvalue weighted by Gasteiger charge is 2.19. The van der Waals surface area contributed by atoms with Crippen LogP contribution in [0.4, 0.5) is 0 Å². The van der Waals surface area contributed by atoms with Crippen LogP contribution in [0.3, 0.4) is 0 Å². The molecule has 0 fully saturated rings. The molecule has 0 amide bonds. The minimum absolute atomic E-state index is 0.175. The Morgan fingerprint density at radius 2 is 1.83 bits per heavy atom. The fourth-order valence-electron chi connectivity index (χ4n) is 1.41. The maximum atomic E-state index is 6.03. The molecule has 0 bridgehead atoms. The molecule has 0 spiro atoms. The molecule has 2 aromatic rings. The molecule has 0 aromatic carbocycles. The molecule has 0 aliphatic heterocycles. The standard InChI is InChI=1S/C12H14Cl2N4/c1-7-8(13)6-18(17-7)10-5-9(14)15-11(16-10)12(2,3)4/h5-6H,1-4H3. The van der Waals surface area contributed by atoms with Crippen LogP contribution in [-0.2, 0) is 5.41 Å². The SMILES string of the molecule is Cc1nn(-c2cc(Cl)nc(C(C)(C)C)n2)cc1Cl. The molecule has 0 radical (unpaired) electrons. The van der Waals surface area contributed by atoms with E-state index in [1.807, 2.05) is 27.7 Å². The molecule has 2 heterocycles. The zero-order chi connectivity index (χ0) is 13.5. The summed E-state index contributed by atoms with van der Waals surface area (Å²) < 4.78 is 1.61. The molecule has 0 unspecified atom stereocenters. The first kappa shape index (κ1) is 13.3. The number of rotatable bonds is 1. The van der Waals surface area contributed by atoms with Crippen molar-refractivity contribution in [1.29, 1.82) is 0 Å². The predicted octanol–water partition coefficient (Wildman–Crippen LogP) is 3.58. The average Bonchev–Trinajstić information content (AvgIpc) is 2.57. The second kappa shape index (κ2) is 4.52. The van der Waals surface area contributed by atoms with Gasteiger partial charge in [-0.2, -0.15) is 5.10 Å². The molecule has 0 saturated heterocycles. The van der Waals surface area contributed by atoms with Crippen molar-refractivity contribution in [3.8, 4) is 5.82 Å². The molecule has 2 aromatic heterocycles. The lowest BCUT2D eigenvalue weighted by molar-refractivity contribution is 0.542. The molecular formula is C12H14Cl2N4. The summed E-state index contributed by atoms with van der Waals surface area (Å²) in [5.41, 5.74) is 0.578. The lowest BCUT2D eigenvalue weighted by Gasteiger charge is -2.17. The van der Waals surface area contributed by atoms with Crippen molar-refractivity contribution in [2.45, 2.75) is 33.1 Å². The van der Waals surface area contributed by atoms with E-state index < -0.39 is 0 Å². The summed E-state index contributed by atoms with van der Waals surface area (Å²) in [6.07, 6.45) is 1.71. The largest absolute Gasteiger partial charge is 0.221 e. The molecule has 2 rings (SSSR count). The van der Waals surface area contributed by atoms with Gasteiger partial charge in [0.1, 0.15) is 11.0 Å². The lowest BCUT2D eigenvalue weighted by Crippen LogP contribution is -2.17. The Balaban J connectivity index is 2.55. The van der Waals surface area contributed by atoms with E-state index in [1.54, 1.807) is 16.9 Å². The summed E-state index contributed by atoms with van der Waals surface area (Å²) in [6.45, 7) is 7.93. The summed E-state index contributed by atoms with van der Waals surface area (Å²) in [5.74, 6) is 1.30. The van der Waals surface area contributed by atoms with Gasteiger partial charge in [-0.25, -0.2) is 14.6 Å². The third-order valence-electron chi connectivity index (χ3n) is 2.43. The van der Waals surface area contributed by atoms with E-state index in [9.17, 15) is 0 Å². The van der Waals surface area contributed by atoms with Crippen LogP contribution >= 0.6 is 23.2 Å². The molecule has 6 heteroatoms. The first-order valence-corrected chi connectivity index (χ1v) is 6.30. The third-order valence-corrected chi connectivity index (χ3v) is 2.99. The van der Waals surface area contributed by atoms with Crippen LogP contribution in [0.5, 0.6) is 0 Å². The number of aryl methyl sites for hydroxylation is 1. The second-order valence-electron chi connectivity index (χ2n) is 5.13. The summed E-state index contributed by atoms with van der Waals surface area (Å²) >= 11 is 12.0. The van der Waals surface area contributed by atoms with Gasteiger partial charge in [-0.3, -0.25) is 0 Å². The van der Waals surface area contributed by atoms with Crippen molar-refractivity contribution < 1.29 is 0 Å². The fraction of sp³-hybridized carbons (Fsp3) is 0.417. The summed E-state index contributed by atoms with van der Waals surface area (Å²) in [4.78, 5) is 8.72. The van der Waals surface area contributed by atoms with Gasteiger partial charge in [-0.1, -0.05) is 44.0 Å². The Morgan fingerprint density at radius 3 is 2.33 bits per heavy atom. The van der Waals surface area contributed by atoms with Crippen LogP contribution in [0.2, 0.25) is 10.2 Å². The number of aromatic nitrogens is 4. The molecular weight excluding hydrogens is 271 g/mol. The Hall–Kier alpha value is -1.13. The lowest BCUT2D eigenvalue weighted by atomic mass is 9.96. The van der Waals surface area contributed by atoms with Gasteiger partial charge in [-0.15, -0.1) is 0 Å². The first-order valence-electron chi connectivity index (χ1n) is 5.54. The van der Waals surface area contributed by atoms with Gasteiger partial charge in [0.2, 0.25) is 0 Å². The third kappa shape index (κ3) is 2.65. The monoisotopic (exact) mass is 284 g/mol. The number of halogens is 2. The van der Waals surface area contributed by atoms with E-state index in [0.29, 0.717) is 21.8 Å². The Labute approximate surface area is 116 Å². The maximum absolute atomic E-state index is 6.03. The normalized spacial score (nSPS) is 11.9. The van der Waals surface area contributed by atoms with Crippen LogP contribution in [-0.4, -0.2) is 19.7 Å². The van der Waals surface area contributed by atoms with Crippen molar-refractivity contribution in [3.05, 3.63) is 34.0 Å². The van der Waals surface area contributed by atoms with Gasteiger partial charge < -0.3 is 0 Å². The van der Waals surface area contributed by atoms with Gasteiger partial charge in [0.05, 0.1) is 16.9 Å². The van der Waals surface area contributed by atoms with Crippen LogP contribution in [0.1, 0.15) is 32.3 Å². The zero-order valence-corrected chi connectivity index (χ0v) is 12.2. The first-order chi connectivity index (χ1) is 8.27. The summed E-state index contributed by atoms with van der Waals surface area (Å²) in [5, 5.41) is 5.28. The van der Waals surface area contributed by atoms with Crippen LogP contribution in [0.25, 0.3) is 5.82 Å². The van der Waals surface area contributed by atoms with Crippen molar-refractivity contribution >= 4 is 23.2 Å². The second-order valence-corrected chi connectivity index (χ2v) is 5.92. The van der Waals surface area contributed by atoms with E-state index in [1.165, 1.54) is 0 Å². The molecule has 18 heavy (non-hydrogen) atoms. The van der Waals surface area contributed by atoms with E-state index in [0.717, 1.165) is 5.69 Å². The number of nitrogens with zero attached hydrogens (tertiary/aromatic N) is 4. The van der Waals surface area contributed by atoms with E-state index >= 15 is 0 Å². The molecule has 0 atom stereocenters. The molecule has 0 aliphatic rings. The molecule has 0 saturated carbocycles. The van der Waals surface area contributed by atoms with Gasteiger partial charge >= 0.3 is 0 Å². The van der Waals surface area contributed by atoms with Gasteiger partial charge in [0.15, 0.2) is 5.82 Å². The van der Waals surface area contributed by atoms with E-state index in [-0.39, 0.29) is 5.41 Å². The van der Waals surface area contributed by atoms with Crippen molar-refractivity contribution in [3.63, 3.8) is 0 Å². The maximum Gasteiger partial charge on any atom is 0.158 e. The molecule has 4 nitrogen and oxygen atoms in total. The highest BCUT2D eigenvalue weighted by molar-refractivity contribution is 6.31. The smallest absolute Gasteiger partial charge is 0.158 e. The minimum Gasteiger partial charge on any atom is -0.221 e. The Morgan fingerprint density at radius 1 is 1.17 bits per heavy atom. The predicted molar refractivity (Wildman–Crippen MR) is 72.6 cm³/mol. The van der Waals surface area contributed by atoms with Crippen molar-refractivity contribution in [2.75, 3.05) is 0 Å². The average molecular weight is 285 g/mol. The van der Waals surface area contributed by atoms with E-state index in [2.05, 4.69) is 15.1 Å². The molecule has 0 aliphatic carbocycles. The quantitative estimate of drug-likeness (QED) is 0.752.